The summed E-state index contributed by atoms with van der Waals surface area (Å²) >= 11 is 0. The van der Waals surface area contributed by atoms with E-state index in [0.717, 1.165) is 50.3 Å². The second-order valence-corrected chi connectivity index (χ2v) is 12.5. The number of para-hydroxylation sites is 2. The number of pyridine rings is 2. The number of hydrogen-bond acceptors (Lipinski definition) is 2. The molecule has 0 saturated carbocycles. The van der Waals surface area contributed by atoms with Crippen molar-refractivity contribution in [3.63, 3.8) is 0 Å². The number of benzene rings is 5. The van der Waals surface area contributed by atoms with E-state index in [-0.39, 0.29) is 0 Å². The van der Waals surface area contributed by atoms with Gasteiger partial charge in [0.25, 0.3) is 0 Å². The molecule has 4 aromatic heterocycles. The Hall–Kier alpha value is -6.26. The van der Waals surface area contributed by atoms with Gasteiger partial charge in [0, 0.05) is 45.2 Å². The molecule has 9 rings (SSSR count). The van der Waals surface area contributed by atoms with Crippen LogP contribution in [0, 0.1) is 13.8 Å². The molecule has 0 saturated heterocycles. The average Bonchev–Trinajstić information content (AvgIpc) is 3.72. The summed E-state index contributed by atoms with van der Waals surface area (Å²) in [6.45, 7) is 4.39. The quantitative estimate of drug-likeness (QED) is 0.209. The summed E-state index contributed by atoms with van der Waals surface area (Å²) in [5.74, 6) is 0.843. The number of aryl methyl sites for hydroxylation is 2. The molecule has 0 aliphatic heterocycles. The first-order chi connectivity index (χ1) is 23.6. The van der Waals surface area contributed by atoms with Gasteiger partial charge in [-0.15, -0.1) is 0 Å². The molecular formula is C44H32N4. The monoisotopic (exact) mass is 616 g/mol. The smallest absolute Gasteiger partial charge is 0.146 e. The maximum Gasteiger partial charge on any atom is 0.146 e. The standard InChI is InChI=1S/C44H32N4/c1-28-12-8-13-29(2)42(28)33-25-31(34-17-9-18-36-38(27-46-43(34)36)30-14-4-3-5-15-30)24-32(26-33)39-20-10-22-41(47-39)48-40-21-7-6-16-35(40)37-19-11-23-45-44(37)48/h3-27,46H,1-2H3. The summed E-state index contributed by atoms with van der Waals surface area (Å²) in [5.41, 5.74) is 14.7. The number of fused-ring (bicyclic) bond motifs is 4. The predicted molar refractivity (Wildman–Crippen MR) is 199 cm³/mol. The third-order valence-electron chi connectivity index (χ3n) is 9.51. The first kappa shape index (κ1) is 28.0. The first-order valence-corrected chi connectivity index (χ1v) is 16.3. The van der Waals surface area contributed by atoms with E-state index in [4.69, 9.17) is 9.97 Å². The number of aromatic amines is 1. The zero-order valence-corrected chi connectivity index (χ0v) is 26.8. The van der Waals surface area contributed by atoms with Crippen molar-refractivity contribution in [3.05, 3.63) is 163 Å². The second-order valence-electron chi connectivity index (χ2n) is 12.5. The fraction of sp³-hybridized carbons (Fsp3) is 0.0455. The lowest BCUT2D eigenvalue weighted by Gasteiger charge is -2.15. The van der Waals surface area contributed by atoms with Gasteiger partial charge in [0.1, 0.15) is 11.5 Å². The van der Waals surface area contributed by atoms with Gasteiger partial charge in [-0.3, -0.25) is 4.57 Å². The van der Waals surface area contributed by atoms with Gasteiger partial charge in [0.15, 0.2) is 0 Å². The van der Waals surface area contributed by atoms with Gasteiger partial charge < -0.3 is 4.98 Å². The molecule has 0 fully saturated rings. The van der Waals surface area contributed by atoms with Gasteiger partial charge in [-0.05, 0) is 95.8 Å². The fourth-order valence-electron chi connectivity index (χ4n) is 7.33. The molecule has 0 amide bonds. The van der Waals surface area contributed by atoms with Crippen LogP contribution in [0.3, 0.4) is 0 Å². The van der Waals surface area contributed by atoms with E-state index in [1.54, 1.807) is 0 Å². The van der Waals surface area contributed by atoms with Crippen LogP contribution in [0.2, 0.25) is 0 Å². The van der Waals surface area contributed by atoms with Crippen LogP contribution >= 0.6 is 0 Å². The number of nitrogens with one attached hydrogen (secondary N) is 1. The van der Waals surface area contributed by atoms with Crippen molar-refractivity contribution in [2.75, 3.05) is 0 Å². The number of rotatable bonds is 5. The van der Waals surface area contributed by atoms with E-state index >= 15 is 0 Å². The summed E-state index contributed by atoms with van der Waals surface area (Å²) in [4.78, 5) is 13.7. The maximum atomic E-state index is 5.32. The zero-order chi connectivity index (χ0) is 32.2. The molecule has 0 bridgehead atoms. The van der Waals surface area contributed by atoms with Gasteiger partial charge in [0.05, 0.1) is 16.7 Å². The van der Waals surface area contributed by atoms with Gasteiger partial charge in [0.2, 0.25) is 0 Å². The molecule has 4 heteroatoms. The minimum absolute atomic E-state index is 0.843. The van der Waals surface area contributed by atoms with Crippen molar-refractivity contribution in [1.82, 2.24) is 19.5 Å². The lowest BCUT2D eigenvalue weighted by molar-refractivity contribution is 1.06. The van der Waals surface area contributed by atoms with Gasteiger partial charge >= 0.3 is 0 Å². The topological polar surface area (TPSA) is 46.5 Å². The largest absolute Gasteiger partial charge is 0.360 e. The predicted octanol–water partition coefficient (Wildman–Crippen LogP) is 11.3. The number of hydrogen-bond donors (Lipinski definition) is 1. The molecule has 0 aliphatic carbocycles. The lowest BCUT2D eigenvalue weighted by Crippen LogP contribution is -2.00. The molecule has 0 unspecified atom stereocenters. The minimum atomic E-state index is 0.843. The van der Waals surface area contributed by atoms with Crippen LogP contribution in [-0.2, 0) is 0 Å². The Morgan fingerprint density at radius 2 is 1.25 bits per heavy atom. The molecule has 228 valence electrons. The molecule has 4 heterocycles. The molecule has 0 atom stereocenters. The SMILES string of the molecule is Cc1cccc(C)c1-c1cc(-c2cccc(-n3c4ccccc4c4cccnc43)n2)cc(-c2cccc3c(-c4ccccc4)c[nH]c23)c1. The van der Waals surface area contributed by atoms with E-state index in [9.17, 15) is 0 Å². The Morgan fingerprint density at radius 3 is 2.12 bits per heavy atom. The Balaban J connectivity index is 1.26. The highest BCUT2D eigenvalue weighted by molar-refractivity contribution is 6.08. The normalized spacial score (nSPS) is 11.5. The summed E-state index contributed by atoms with van der Waals surface area (Å²) in [6, 6.07) is 49.5. The van der Waals surface area contributed by atoms with Crippen molar-refractivity contribution in [2.45, 2.75) is 13.8 Å². The van der Waals surface area contributed by atoms with Crippen LogP contribution in [0.25, 0.3) is 83.3 Å². The minimum Gasteiger partial charge on any atom is -0.360 e. The summed E-state index contributed by atoms with van der Waals surface area (Å²) in [7, 11) is 0. The number of nitrogens with zero attached hydrogens (tertiary/aromatic N) is 3. The molecule has 0 aliphatic rings. The highest BCUT2D eigenvalue weighted by Crippen LogP contribution is 2.40. The van der Waals surface area contributed by atoms with Gasteiger partial charge in [-0.2, -0.15) is 0 Å². The molecule has 5 aromatic carbocycles. The van der Waals surface area contributed by atoms with Crippen molar-refractivity contribution in [1.29, 1.82) is 0 Å². The van der Waals surface area contributed by atoms with Gasteiger partial charge in [-0.1, -0.05) is 91.0 Å². The Kier molecular flexibility index (Phi) is 6.54. The summed E-state index contributed by atoms with van der Waals surface area (Å²) < 4.78 is 2.18. The van der Waals surface area contributed by atoms with Crippen LogP contribution in [0.15, 0.2) is 152 Å². The lowest BCUT2D eigenvalue weighted by atomic mass is 9.90. The van der Waals surface area contributed by atoms with E-state index < -0.39 is 0 Å². The van der Waals surface area contributed by atoms with Crippen molar-refractivity contribution in [2.24, 2.45) is 0 Å². The third kappa shape index (κ3) is 4.53. The number of H-pyrrole nitrogens is 1. The van der Waals surface area contributed by atoms with Crippen LogP contribution in [0.5, 0.6) is 0 Å². The van der Waals surface area contributed by atoms with Crippen molar-refractivity contribution >= 4 is 32.8 Å². The van der Waals surface area contributed by atoms with E-state index in [2.05, 4.69) is 163 Å². The Bertz CT molecular complexity index is 2570. The first-order valence-electron chi connectivity index (χ1n) is 16.3. The van der Waals surface area contributed by atoms with E-state index in [1.807, 2.05) is 12.3 Å². The van der Waals surface area contributed by atoms with Gasteiger partial charge in [-0.25, -0.2) is 9.97 Å². The second kappa shape index (κ2) is 11.2. The summed E-state index contributed by atoms with van der Waals surface area (Å²) in [6.07, 6.45) is 3.98. The third-order valence-corrected chi connectivity index (χ3v) is 9.51. The van der Waals surface area contributed by atoms with Crippen molar-refractivity contribution in [3.8, 4) is 50.5 Å². The molecule has 1 N–H and O–H groups in total. The fourth-order valence-corrected chi connectivity index (χ4v) is 7.33. The van der Waals surface area contributed by atoms with Crippen LogP contribution in [-0.4, -0.2) is 19.5 Å². The van der Waals surface area contributed by atoms with Crippen LogP contribution in [0.4, 0.5) is 0 Å². The molecular weight excluding hydrogens is 585 g/mol. The molecule has 0 radical (unpaired) electrons. The average molecular weight is 617 g/mol. The van der Waals surface area contributed by atoms with Crippen molar-refractivity contribution < 1.29 is 0 Å². The molecule has 4 nitrogen and oxygen atoms in total. The van der Waals surface area contributed by atoms with Crippen LogP contribution in [0.1, 0.15) is 11.1 Å². The van der Waals surface area contributed by atoms with E-state index in [1.165, 1.54) is 44.2 Å². The Labute approximate surface area is 279 Å². The van der Waals surface area contributed by atoms with Crippen LogP contribution < -0.4 is 0 Å². The molecule has 0 spiro atoms. The number of aromatic nitrogens is 4. The molecule has 9 aromatic rings. The van der Waals surface area contributed by atoms with E-state index in [0.29, 0.717) is 0 Å². The Morgan fingerprint density at radius 1 is 0.542 bits per heavy atom. The molecule has 48 heavy (non-hydrogen) atoms. The zero-order valence-electron chi connectivity index (χ0n) is 26.8. The summed E-state index contributed by atoms with van der Waals surface area (Å²) in [5, 5.41) is 3.49. The highest BCUT2D eigenvalue weighted by atomic mass is 15.1. The maximum absolute atomic E-state index is 5.32. The highest BCUT2D eigenvalue weighted by Gasteiger charge is 2.17.